The third kappa shape index (κ3) is 3.78. The van der Waals surface area contributed by atoms with Crippen LogP contribution in [0, 0.1) is 13.8 Å². The minimum Gasteiger partial charge on any atom is -0.481 e. The molecule has 7 nitrogen and oxygen atoms in total. The molecule has 26 heavy (non-hydrogen) atoms. The summed E-state index contributed by atoms with van der Waals surface area (Å²) in [6.07, 6.45) is -0.446. The highest BCUT2D eigenvalue weighted by atomic mass is 32.2. The molecule has 140 valence electrons. The third-order valence-corrected chi connectivity index (χ3v) is 7.73. The number of hydrogen-bond acceptors (Lipinski definition) is 5. The van der Waals surface area contributed by atoms with Crippen LogP contribution in [0.25, 0.3) is 0 Å². The number of nitrogens with zero attached hydrogens (tertiary/aromatic N) is 2. The zero-order valence-electron chi connectivity index (χ0n) is 14.5. The number of sulfone groups is 1. The molecule has 1 N–H and O–H groups in total. The number of amides is 1. The minimum absolute atomic E-state index is 0.0285. The molecule has 0 unspecified atom stereocenters. The average molecular weight is 396 g/mol. The van der Waals surface area contributed by atoms with Crippen molar-refractivity contribution in [2.24, 2.45) is 4.99 Å². The summed E-state index contributed by atoms with van der Waals surface area (Å²) >= 11 is 1.29. The number of carbonyl (C=O) groups is 2. The van der Waals surface area contributed by atoms with Crippen molar-refractivity contribution < 1.29 is 23.1 Å². The Labute approximate surface area is 156 Å². The van der Waals surface area contributed by atoms with Crippen LogP contribution >= 0.6 is 11.8 Å². The number of carbonyl (C=O) groups excluding carboxylic acids is 1. The first-order chi connectivity index (χ1) is 12.2. The fourth-order valence-corrected chi connectivity index (χ4v) is 7.31. The molecule has 9 heteroatoms. The van der Waals surface area contributed by atoms with Crippen LogP contribution in [0.15, 0.2) is 23.2 Å². The molecule has 3 rings (SSSR count). The maximum Gasteiger partial charge on any atom is 0.303 e. The van der Waals surface area contributed by atoms with Gasteiger partial charge in [-0.15, -0.1) is 0 Å². The van der Waals surface area contributed by atoms with E-state index in [1.807, 2.05) is 36.9 Å². The number of para-hydroxylation sites is 1. The normalized spacial score (nSPS) is 25.5. The number of hydrogen-bond donors (Lipinski definition) is 1. The zero-order valence-corrected chi connectivity index (χ0v) is 16.1. The molecular weight excluding hydrogens is 376 g/mol. The van der Waals surface area contributed by atoms with Crippen LogP contribution in [-0.2, 0) is 19.4 Å². The second kappa shape index (κ2) is 7.03. The summed E-state index contributed by atoms with van der Waals surface area (Å²) in [5.74, 6) is -1.46. The van der Waals surface area contributed by atoms with Crippen LogP contribution in [0.2, 0.25) is 0 Å². The van der Waals surface area contributed by atoms with E-state index in [1.54, 1.807) is 0 Å². The largest absolute Gasteiger partial charge is 0.481 e. The van der Waals surface area contributed by atoms with Crippen LogP contribution in [-0.4, -0.2) is 53.4 Å². The smallest absolute Gasteiger partial charge is 0.303 e. The molecule has 2 fully saturated rings. The van der Waals surface area contributed by atoms with Gasteiger partial charge in [0.2, 0.25) is 5.91 Å². The highest BCUT2D eigenvalue weighted by Gasteiger charge is 2.49. The van der Waals surface area contributed by atoms with E-state index in [-0.39, 0.29) is 35.6 Å². The number of carboxylic acid groups (broad SMARTS) is 1. The Morgan fingerprint density at radius 2 is 1.88 bits per heavy atom. The van der Waals surface area contributed by atoms with Crippen molar-refractivity contribution in [3.8, 4) is 0 Å². The fraction of sp³-hybridized carbons (Fsp3) is 0.471. The summed E-state index contributed by atoms with van der Waals surface area (Å²) in [6, 6.07) is 5.53. The Morgan fingerprint density at radius 3 is 2.50 bits per heavy atom. The zero-order chi connectivity index (χ0) is 19.1. The summed E-state index contributed by atoms with van der Waals surface area (Å²) in [6.45, 7) is 3.88. The Balaban J connectivity index is 1.99. The first-order valence-corrected chi connectivity index (χ1v) is 10.9. The highest BCUT2D eigenvalue weighted by molar-refractivity contribution is 8.16. The van der Waals surface area contributed by atoms with Gasteiger partial charge in [-0.2, -0.15) is 4.99 Å². The number of amidine groups is 1. The van der Waals surface area contributed by atoms with Crippen LogP contribution in [0.5, 0.6) is 0 Å². The number of thioether (sulfide) groups is 1. The number of benzene rings is 1. The van der Waals surface area contributed by atoms with Gasteiger partial charge in [0.25, 0.3) is 0 Å². The number of aryl methyl sites for hydroxylation is 2. The van der Waals surface area contributed by atoms with Gasteiger partial charge in [0.05, 0.1) is 24.0 Å². The Bertz CT molecular complexity index is 874. The van der Waals surface area contributed by atoms with E-state index in [0.29, 0.717) is 5.17 Å². The van der Waals surface area contributed by atoms with Gasteiger partial charge in [0.15, 0.2) is 15.0 Å². The first-order valence-electron chi connectivity index (χ1n) is 8.24. The van der Waals surface area contributed by atoms with E-state index in [9.17, 15) is 18.0 Å². The van der Waals surface area contributed by atoms with Gasteiger partial charge in [0.1, 0.15) is 0 Å². The molecule has 2 saturated heterocycles. The van der Waals surface area contributed by atoms with Gasteiger partial charge in [-0.3, -0.25) is 9.59 Å². The van der Waals surface area contributed by atoms with E-state index in [1.165, 1.54) is 11.8 Å². The number of aliphatic imine (C=N–C) groups is 1. The molecule has 2 aliphatic heterocycles. The van der Waals surface area contributed by atoms with E-state index in [2.05, 4.69) is 4.99 Å². The second-order valence-corrected chi connectivity index (χ2v) is 9.95. The summed E-state index contributed by atoms with van der Waals surface area (Å²) in [7, 11) is -3.13. The molecule has 2 heterocycles. The van der Waals surface area contributed by atoms with Gasteiger partial charge in [0, 0.05) is 17.4 Å². The summed E-state index contributed by atoms with van der Waals surface area (Å²) in [5, 5.41) is 9.02. The molecule has 2 aliphatic rings. The molecule has 0 aromatic heterocycles. The van der Waals surface area contributed by atoms with E-state index < -0.39 is 21.7 Å². The van der Waals surface area contributed by atoms with E-state index >= 15 is 0 Å². The molecule has 1 amide bonds. The van der Waals surface area contributed by atoms with Crippen molar-refractivity contribution >= 4 is 44.3 Å². The Hall–Kier alpha value is -1.87. The summed E-state index contributed by atoms with van der Waals surface area (Å²) in [4.78, 5) is 28.7. The average Bonchev–Trinajstić information content (AvgIpc) is 2.97. The SMILES string of the molecule is Cc1cccc(C)c1N1C(=NC(=O)CCC(=O)O)S[C@H]2CS(=O)(=O)C[C@H]21. The van der Waals surface area contributed by atoms with Crippen molar-refractivity contribution in [1.82, 2.24) is 0 Å². The van der Waals surface area contributed by atoms with Crippen molar-refractivity contribution in [2.75, 3.05) is 16.4 Å². The molecule has 0 radical (unpaired) electrons. The maximum atomic E-state index is 12.1. The molecule has 0 saturated carbocycles. The van der Waals surface area contributed by atoms with Gasteiger partial charge in [-0.25, -0.2) is 8.42 Å². The van der Waals surface area contributed by atoms with Crippen LogP contribution in [0.1, 0.15) is 24.0 Å². The predicted octanol–water partition coefficient (Wildman–Crippen LogP) is 1.77. The first kappa shape index (κ1) is 18.9. The maximum absolute atomic E-state index is 12.1. The topological polar surface area (TPSA) is 104 Å². The lowest BCUT2D eigenvalue weighted by Gasteiger charge is -2.27. The van der Waals surface area contributed by atoms with Crippen LogP contribution in [0.4, 0.5) is 5.69 Å². The second-order valence-electron chi connectivity index (χ2n) is 6.59. The number of aliphatic carboxylic acids is 1. The van der Waals surface area contributed by atoms with Crippen molar-refractivity contribution in [2.45, 2.75) is 38.0 Å². The number of carboxylic acids is 1. The molecule has 0 spiro atoms. The number of rotatable bonds is 4. The molecule has 0 aliphatic carbocycles. The predicted molar refractivity (Wildman–Crippen MR) is 102 cm³/mol. The van der Waals surface area contributed by atoms with Gasteiger partial charge in [-0.1, -0.05) is 30.0 Å². The van der Waals surface area contributed by atoms with Crippen molar-refractivity contribution in [3.05, 3.63) is 29.3 Å². The van der Waals surface area contributed by atoms with Gasteiger partial charge in [-0.05, 0) is 25.0 Å². The minimum atomic E-state index is -3.13. The molecule has 2 atom stereocenters. The summed E-state index contributed by atoms with van der Waals surface area (Å²) < 4.78 is 24.2. The fourth-order valence-electron chi connectivity index (χ4n) is 3.39. The monoisotopic (exact) mass is 396 g/mol. The van der Waals surface area contributed by atoms with Crippen molar-refractivity contribution in [3.63, 3.8) is 0 Å². The van der Waals surface area contributed by atoms with Gasteiger partial charge >= 0.3 is 5.97 Å². The lowest BCUT2D eigenvalue weighted by molar-refractivity contribution is -0.138. The van der Waals surface area contributed by atoms with Gasteiger partial charge < -0.3 is 10.0 Å². The lowest BCUT2D eigenvalue weighted by atomic mass is 10.1. The summed E-state index contributed by atoms with van der Waals surface area (Å²) in [5.41, 5.74) is 2.82. The number of anilines is 1. The Morgan fingerprint density at radius 1 is 1.23 bits per heavy atom. The lowest BCUT2D eigenvalue weighted by Crippen LogP contribution is -2.38. The van der Waals surface area contributed by atoms with E-state index in [0.717, 1.165) is 16.8 Å². The Kier molecular flexibility index (Phi) is 5.12. The molecule has 0 bridgehead atoms. The van der Waals surface area contributed by atoms with Crippen LogP contribution in [0.3, 0.4) is 0 Å². The molecule has 1 aromatic rings. The van der Waals surface area contributed by atoms with Crippen LogP contribution < -0.4 is 4.90 Å². The highest BCUT2D eigenvalue weighted by Crippen LogP contribution is 2.43. The molecular formula is C17H20N2O5S2. The quantitative estimate of drug-likeness (QED) is 0.827. The third-order valence-electron chi connectivity index (χ3n) is 4.52. The van der Waals surface area contributed by atoms with Crippen molar-refractivity contribution in [1.29, 1.82) is 0 Å². The number of fused-ring (bicyclic) bond motifs is 1. The molecule has 1 aromatic carbocycles. The van der Waals surface area contributed by atoms with E-state index in [4.69, 9.17) is 5.11 Å². The standard InChI is InChI=1S/C17H20N2O5S2/c1-10-4-3-5-11(2)16(10)19-12-8-26(23,24)9-13(12)25-17(19)18-14(20)6-7-15(21)22/h3-5,12-13H,6-9H2,1-2H3,(H,21,22)/t12-,13+/m1/s1.